The van der Waals surface area contributed by atoms with Gasteiger partial charge in [-0.2, -0.15) is 0 Å². The Morgan fingerprint density at radius 2 is 2.30 bits per heavy atom. The number of ether oxygens (including phenoxy) is 1. The first kappa shape index (κ1) is 9.59. The van der Waals surface area contributed by atoms with Gasteiger partial charge in [-0.1, -0.05) is 0 Å². The Bertz CT molecular complexity index is 82.9. The zero-order valence-corrected chi connectivity index (χ0v) is 6.30. The van der Waals surface area contributed by atoms with Crippen LogP contribution in [0.25, 0.3) is 0 Å². The molecule has 3 nitrogen and oxygen atoms in total. The number of carbonyl (C=O) groups excluding carboxylic acids is 1. The predicted molar refractivity (Wildman–Crippen MR) is 37.8 cm³/mol. The second-order valence-corrected chi connectivity index (χ2v) is 2.01. The zero-order chi connectivity index (χ0) is 7.82. The molecule has 0 spiro atoms. The molecule has 1 heterocycles. The number of hydrogen-bond donors (Lipinski definition) is 1. The van der Waals surface area contributed by atoms with Crippen LogP contribution in [0.1, 0.15) is 19.8 Å². The fourth-order valence-electron chi connectivity index (χ4n) is 0.630. The lowest BCUT2D eigenvalue weighted by Crippen LogP contribution is -2.15. The minimum atomic E-state index is 0.242. The summed E-state index contributed by atoms with van der Waals surface area (Å²) in [6.07, 6.45) is 1.64. The number of Topliss-reactive ketones (excluding diaryl/α,β-unsaturated/α-hetero) is 1. The molecule has 0 aromatic heterocycles. The molecule has 3 heteroatoms. The van der Waals surface area contributed by atoms with Crippen LogP contribution in [0.5, 0.6) is 0 Å². The maximum atomic E-state index is 10.3. The van der Waals surface area contributed by atoms with Gasteiger partial charge in [-0.05, 0) is 13.3 Å². The van der Waals surface area contributed by atoms with Crippen molar-refractivity contribution >= 4 is 5.78 Å². The van der Waals surface area contributed by atoms with Crippen LogP contribution < -0.4 is 0 Å². The van der Waals surface area contributed by atoms with Gasteiger partial charge in [-0.3, -0.25) is 4.79 Å². The van der Waals surface area contributed by atoms with E-state index < -0.39 is 0 Å². The van der Waals surface area contributed by atoms with Crippen molar-refractivity contribution in [1.29, 1.82) is 0 Å². The maximum Gasteiger partial charge on any atom is 0.158 e. The van der Waals surface area contributed by atoms with Gasteiger partial charge in [-0.15, -0.1) is 0 Å². The number of rotatable bonds is 0. The van der Waals surface area contributed by atoms with Crippen LogP contribution in [-0.4, -0.2) is 30.7 Å². The van der Waals surface area contributed by atoms with E-state index in [9.17, 15) is 4.79 Å². The van der Waals surface area contributed by atoms with Gasteiger partial charge in [0.2, 0.25) is 0 Å². The van der Waals surface area contributed by atoms with Crippen molar-refractivity contribution in [3.8, 4) is 0 Å². The Hall–Kier alpha value is -0.410. The summed E-state index contributed by atoms with van der Waals surface area (Å²) in [6.45, 7) is 3.05. The third-order valence-electron chi connectivity index (χ3n) is 1.01. The fourth-order valence-corrected chi connectivity index (χ4v) is 0.630. The van der Waals surface area contributed by atoms with E-state index in [0.717, 1.165) is 19.4 Å². The lowest BCUT2D eigenvalue weighted by molar-refractivity contribution is -0.126. The molecule has 0 unspecified atom stereocenters. The molecule has 0 aliphatic carbocycles. The molecule has 0 aromatic rings. The average molecular weight is 146 g/mol. The number of hydrogen-bond acceptors (Lipinski definition) is 3. The van der Waals surface area contributed by atoms with Crippen molar-refractivity contribution in [2.24, 2.45) is 0 Å². The molecule has 1 saturated heterocycles. The summed E-state index contributed by atoms with van der Waals surface area (Å²) in [4.78, 5) is 10.3. The topological polar surface area (TPSA) is 46.5 Å². The number of carbonyl (C=O) groups is 1. The van der Waals surface area contributed by atoms with Crippen molar-refractivity contribution in [2.45, 2.75) is 19.8 Å². The van der Waals surface area contributed by atoms with Crippen molar-refractivity contribution in [3.63, 3.8) is 0 Å². The normalized spacial score (nSPS) is 17.6. The van der Waals surface area contributed by atoms with E-state index in [1.165, 1.54) is 0 Å². The molecule has 10 heavy (non-hydrogen) atoms. The summed E-state index contributed by atoms with van der Waals surface area (Å²) in [7, 11) is 0. The molecule has 0 amide bonds. The molecule has 0 atom stereocenters. The minimum Gasteiger partial charge on any atom is -0.397 e. The monoisotopic (exact) mass is 146 g/mol. The van der Waals surface area contributed by atoms with Gasteiger partial charge in [-0.25, -0.2) is 0 Å². The van der Waals surface area contributed by atoms with E-state index >= 15 is 0 Å². The van der Waals surface area contributed by atoms with E-state index in [0.29, 0.717) is 6.61 Å². The van der Waals surface area contributed by atoms with E-state index in [-0.39, 0.29) is 12.4 Å². The van der Waals surface area contributed by atoms with Crippen LogP contribution in [0.4, 0.5) is 0 Å². The predicted octanol–water partition coefficient (Wildman–Crippen LogP) is 0.364. The van der Waals surface area contributed by atoms with Gasteiger partial charge in [0.05, 0.1) is 0 Å². The van der Waals surface area contributed by atoms with Gasteiger partial charge in [0.1, 0.15) is 6.61 Å². The first-order chi connectivity index (χ1) is 4.81. The highest BCUT2D eigenvalue weighted by Gasteiger charge is 2.06. The summed E-state index contributed by atoms with van der Waals surface area (Å²) < 4.78 is 4.83. The van der Waals surface area contributed by atoms with Crippen molar-refractivity contribution in [2.75, 3.05) is 19.8 Å². The quantitative estimate of drug-likeness (QED) is 0.537. The van der Waals surface area contributed by atoms with Crippen LogP contribution in [0.2, 0.25) is 0 Å². The van der Waals surface area contributed by atoms with E-state index in [1.54, 1.807) is 6.92 Å². The highest BCUT2D eigenvalue weighted by molar-refractivity contribution is 5.80. The molecular formula is C7H14O3. The van der Waals surface area contributed by atoms with Crippen LogP contribution in [0.15, 0.2) is 0 Å². The lowest BCUT2D eigenvalue weighted by Gasteiger charge is -2.07. The molecule has 1 fully saturated rings. The van der Waals surface area contributed by atoms with Crippen LogP contribution >= 0.6 is 0 Å². The summed E-state index contributed by atoms with van der Waals surface area (Å²) in [5.74, 6) is 0.242. The number of aliphatic hydroxyl groups excluding tert-OH is 1. The molecule has 1 aliphatic rings. The number of ketones is 1. The molecule has 0 saturated carbocycles. The van der Waals surface area contributed by atoms with Crippen molar-refractivity contribution < 1.29 is 14.6 Å². The van der Waals surface area contributed by atoms with Gasteiger partial charge in [0.25, 0.3) is 0 Å². The molecule has 0 bridgehead atoms. The SMILES string of the molecule is CCO.O=C1CCCOC1. The third-order valence-corrected chi connectivity index (χ3v) is 1.01. The Morgan fingerprint density at radius 1 is 1.70 bits per heavy atom. The first-order valence-corrected chi connectivity index (χ1v) is 3.51. The van der Waals surface area contributed by atoms with Crippen molar-refractivity contribution in [3.05, 3.63) is 0 Å². The molecule has 1 rings (SSSR count). The Kier molecular flexibility index (Phi) is 6.43. The molecule has 0 radical (unpaired) electrons. The van der Waals surface area contributed by atoms with Crippen LogP contribution in [0.3, 0.4) is 0 Å². The lowest BCUT2D eigenvalue weighted by atomic mass is 10.2. The summed E-state index contributed by atoms with van der Waals surface area (Å²) in [5.41, 5.74) is 0. The molecule has 60 valence electrons. The molecule has 0 aromatic carbocycles. The highest BCUT2D eigenvalue weighted by Crippen LogP contribution is 1.98. The minimum absolute atomic E-state index is 0.242. The fraction of sp³-hybridized carbons (Fsp3) is 0.857. The standard InChI is InChI=1S/C5H8O2.C2H6O/c6-5-2-1-3-7-4-5;1-2-3/h1-4H2;3H,2H2,1H3. The van der Waals surface area contributed by atoms with Gasteiger partial charge in [0.15, 0.2) is 5.78 Å². The number of aliphatic hydroxyl groups is 1. The van der Waals surface area contributed by atoms with Gasteiger partial charge in [0, 0.05) is 19.6 Å². The highest BCUT2D eigenvalue weighted by atomic mass is 16.5. The average Bonchev–Trinajstić information content (AvgIpc) is 1.91. The van der Waals surface area contributed by atoms with E-state index in [4.69, 9.17) is 9.84 Å². The maximum absolute atomic E-state index is 10.3. The Morgan fingerprint density at radius 3 is 2.50 bits per heavy atom. The molecular weight excluding hydrogens is 132 g/mol. The third kappa shape index (κ3) is 5.72. The van der Waals surface area contributed by atoms with Crippen molar-refractivity contribution in [1.82, 2.24) is 0 Å². The first-order valence-electron chi connectivity index (χ1n) is 3.51. The van der Waals surface area contributed by atoms with Crippen LogP contribution in [0, 0.1) is 0 Å². The molecule has 1 N–H and O–H groups in total. The Labute approximate surface area is 61.0 Å². The summed E-state index contributed by atoms with van der Waals surface area (Å²) in [5, 5.41) is 7.57. The molecule has 1 aliphatic heterocycles. The van der Waals surface area contributed by atoms with E-state index in [2.05, 4.69) is 0 Å². The smallest absolute Gasteiger partial charge is 0.158 e. The summed E-state index contributed by atoms with van der Waals surface area (Å²) in [6, 6.07) is 0. The largest absolute Gasteiger partial charge is 0.397 e. The zero-order valence-electron chi connectivity index (χ0n) is 6.30. The van der Waals surface area contributed by atoms with Crippen LogP contribution in [-0.2, 0) is 9.53 Å². The van der Waals surface area contributed by atoms with E-state index in [1.807, 2.05) is 0 Å². The second-order valence-electron chi connectivity index (χ2n) is 2.01. The Balaban J connectivity index is 0.000000236. The second kappa shape index (κ2) is 6.71. The van der Waals surface area contributed by atoms with Gasteiger partial charge >= 0.3 is 0 Å². The van der Waals surface area contributed by atoms with Gasteiger partial charge < -0.3 is 9.84 Å². The summed E-state index contributed by atoms with van der Waals surface area (Å²) >= 11 is 0.